The molecule has 1 N–H and O–H groups in total. The molecule has 9 rings (SSSR count). The summed E-state index contributed by atoms with van der Waals surface area (Å²) in [6, 6.07) is 32.3. The number of aryl methyl sites for hydroxylation is 1. The third kappa shape index (κ3) is 7.20. The van der Waals surface area contributed by atoms with Crippen LogP contribution in [0.25, 0.3) is 11.1 Å². The molecule has 5 aliphatic rings. The van der Waals surface area contributed by atoms with Crippen molar-refractivity contribution in [3.63, 3.8) is 0 Å². The summed E-state index contributed by atoms with van der Waals surface area (Å²) in [5.74, 6) is 0.864. The number of rotatable bonds is 8. The molecule has 4 aromatic rings. The third-order valence-electron chi connectivity index (χ3n) is 12.8. The molecule has 1 atom stereocenters. The smallest absolute Gasteiger partial charge is 0.255 e. The highest BCUT2D eigenvalue weighted by Gasteiger charge is 2.39. The van der Waals surface area contributed by atoms with E-state index in [-0.39, 0.29) is 24.1 Å². The van der Waals surface area contributed by atoms with Crippen LogP contribution in [0.4, 0.5) is 11.4 Å². The highest BCUT2D eigenvalue weighted by molar-refractivity contribution is 6.05. The second kappa shape index (κ2) is 15.6. The van der Waals surface area contributed by atoms with Crippen LogP contribution in [0.2, 0.25) is 0 Å². The zero-order chi connectivity index (χ0) is 38.2. The van der Waals surface area contributed by atoms with Gasteiger partial charge >= 0.3 is 0 Å². The summed E-state index contributed by atoms with van der Waals surface area (Å²) >= 11 is 0. The number of imide groups is 1. The number of piperidine rings is 2. The van der Waals surface area contributed by atoms with Gasteiger partial charge in [0.25, 0.3) is 5.91 Å². The Balaban J connectivity index is 0.801. The molecule has 9 nitrogen and oxygen atoms in total. The highest BCUT2D eigenvalue weighted by atomic mass is 16.5. The van der Waals surface area contributed by atoms with Crippen LogP contribution < -0.4 is 19.9 Å². The summed E-state index contributed by atoms with van der Waals surface area (Å²) < 4.78 is 5.61. The molecule has 1 aliphatic carbocycles. The van der Waals surface area contributed by atoms with Crippen molar-refractivity contribution in [3.8, 4) is 5.75 Å². The number of hydrogen-bond acceptors (Lipinski definition) is 7. The maximum Gasteiger partial charge on any atom is 0.255 e. The minimum absolute atomic E-state index is 0.119. The van der Waals surface area contributed by atoms with Gasteiger partial charge in [-0.2, -0.15) is 0 Å². The Bertz CT molecular complexity index is 2150. The van der Waals surface area contributed by atoms with E-state index in [9.17, 15) is 14.4 Å². The maximum atomic E-state index is 13.2. The van der Waals surface area contributed by atoms with E-state index in [0.717, 1.165) is 82.1 Å². The maximum absolute atomic E-state index is 13.2. The minimum Gasteiger partial charge on any atom is -0.497 e. The number of nitrogens with one attached hydrogen (secondary N) is 1. The topological polar surface area (TPSA) is 85.4 Å². The predicted octanol–water partition coefficient (Wildman–Crippen LogP) is 6.79. The van der Waals surface area contributed by atoms with Gasteiger partial charge in [0.1, 0.15) is 11.8 Å². The van der Waals surface area contributed by atoms with Gasteiger partial charge in [-0.3, -0.25) is 24.6 Å². The molecule has 0 aromatic heterocycles. The molecular formula is C47H51N5O4. The SMILES string of the molecule is COc1ccc2c(c1)CCCC(c1ccccc1)=C2c1ccc(N2CCC(CN3CCN(c4ccc5c(c4)CN([C@H]4CCC(=O)NC4=O)C5=O)CC3)CC2)cc1. The summed E-state index contributed by atoms with van der Waals surface area (Å²) in [7, 11) is 1.75. The Labute approximate surface area is 329 Å². The van der Waals surface area contributed by atoms with Crippen molar-refractivity contribution in [2.45, 2.75) is 57.5 Å². The number of benzene rings is 4. The van der Waals surface area contributed by atoms with Crippen LogP contribution in [-0.2, 0) is 22.6 Å². The van der Waals surface area contributed by atoms with Crippen LogP contribution in [0.15, 0.2) is 91.0 Å². The van der Waals surface area contributed by atoms with Gasteiger partial charge in [-0.15, -0.1) is 0 Å². The van der Waals surface area contributed by atoms with Gasteiger partial charge < -0.3 is 19.4 Å². The molecule has 3 saturated heterocycles. The number of ether oxygens (including phenoxy) is 1. The molecule has 0 saturated carbocycles. The Morgan fingerprint density at radius 1 is 0.679 bits per heavy atom. The van der Waals surface area contributed by atoms with E-state index in [0.29, 0.717) is 24.4 Å². The molecule has 0 spiro atoms. The first-order valence-corrected chi connectivity index (χ1v) is 20.5. The standard InChI is InChI=1S/C47H51N5O4/c1-56-39-15-17-41-35(29-39)8-5-9-40(33-6-3-2-4-7-33)45(41)34-10-12-37(13-11-34)50-22-20-32(21-23-50)30-49-24-26-51(27-25-49)38-14-16-42-36(28-38)31-52(47(42)55)43-18-19-44(53)48-46(43)54/h2-4,6-7,10-17,28-29,32,43H,5,8-9,18-27,30-31H2,1H3,(H,48,53,54)/t43-/m0/s1. The Kier molecular flexibility index (Phi) is 10.1. The van der Waals surface area contributed by atoms with Gasteiger partial charge in [-0.25, -0.2) is 0 Å². The molecule has 3 fully saturated rings. The number of hydrogen-bond donors (Lipinski definition) is 1. The average Bonchev–Trinajstić information content (AvgIpc) is 3.43. The lowest BCUT2D eigenvalue weighted by Gasteiger charge is -2.40. The van der Waals surface area contributed by atoms with Crippen molar-refractivity contribution in [1.29, 1.82) is 0 Å². The lowest BCUT2D eigenvalue weighted by Crippen LogP contribution is -2.52. The number of anilines is 2. The normalized spacial score (nSPS) is 20.8. The van der Waals surface area contributed by atoms with Crippen LogP contribution in [0, 0.1) is 5.92 Å². The molecule has 0 radical (unpaired) electrons. The lowest BCUT2D eigenvalue weighted by molar-refractivity contribution is -0.136. The summed E-state index contributed by atoms with van der Waals surface area (Å²) in [5, 5.41) is 2.39. The molecule has 3 amide bonds. The van der Waals surface area contributed by atoms with Gasteiger partial charge in [-0.05, 0) is 126 Å². The van der Waals surface area contributed by atoms with Crippen LogP contribution >= 0.6 is 0 Å². The molecule has 0 bridgehead atoms. The summed E-state index contributed by atoms with van der Waals surface area (Å²) in [5.41, 5.74) is 12.1. The Hall–Kier alpha value is -5.41. The van der Waals surface area contributed by atoms with Crippen LogP contribution in [0.3, 0.4) is 0 Å². The molecule has 9 heteroatoms. The van der Waals surface area contributed by atoms with Gasteiger partial charge in [-0.1, -0.05) is 48.5 Å². The second-order valence-electron chi connectivity index (χ2n) is 16.1. The molecule has 4 heterocycles. The van der Waals surface area contributed by atoms with Crippen molar-refractivity contribution in [3.05, 3.63) is 124 Å². The molecule has 4 aliphatic heterocycles. The Morgan fingerprint density at radius 2 is 1.41 bits per heavy atom. The highest BCUT2D eigenvalue weighted by Crippen LogP contribution is 2.41. The van der Waals surface area contributed by atoms with E-state index in [1.807, 2.05) is 6.07 Å². The van der Waals surface area contributed by atoms with Crippen molar-refractivity contribution in [2.75, 3.05) is 62.7 Å². The third-order valence-corrected chi connectivity index (χ3v) is 12.8. The van der Waals surface area contributed by atoms with Crippen molar-refractivity contribution in [1.82, 2.24) is 15.1 Å². The van der Waals surface area contributed by atoms with Gasteiger partial charge in [0, 0.05) is 75.7 Å². The fourth-order valence-electron chi connectivity index (χ4n) is 9.67. The quantitative estimate of drug-likeness (QED) is 0.199. The molecule has 56 heavy (non-hydrogen) atoms. The van der Waals surface area contributed by atoms with Crippen LogP contribution in [0.1, 0.15) is 76.7 Å². The monoisotopic (exact) mass is 749 g/mol. The number of fused-ring (bicyclic) bond motifs is 2. The number of carbonyl (C=O) groups excluding carboxylic acids is 3. The first kappa shape index (κ1) is 36.2. The largest absolute Gasteiger partial charge is 0.497 e. The summed E-state index contributed by atoms with van der Waals surface area (Å²) in [6.45, 7) is 7.66. The Morgan fingerprint density at radius 3 is 2.16 bits per heavy atom. The number of allylic oxidation sites excluding steroid dienone is 1. The van der Waals surface area contributed by atoms with Crippen LogP contribution in [0.5, 0.6) is 5.75 Å². The minimum atomic E-state index is -0.584. The zero-order valence-corrected chi connectivity index (χ0v) is 32.3. The van der Waals surface area contributed by atoms with Gasteiger partial charge in [0.2, 0.25) is 11.8 Å². The van der Waals surface area contributed by atoms with Crippen molar-refractivity contribution in [2.24, 2.45) is 5.92 Å². The average molecular weight is 750 g/mol. The zero-order valence-electron chi connectivity index (χ0n) is 32.3. The molecule has 0 unspecified atom stereocenters. The number of nitrogens with zero attached hydrogens (tertiary/aromatic N) is 4. The van der Waals surface area contributed by atoms with E-state index >= 15 is 0 Å². The number of methoxy groups -OCH3 is 1. The van der Waals surface area contributed by atoms with Crippen molar-refractivity contribution < 1.29 is 19.1 Å². The fourth-order valence-corrected chi connectivity index (χ4v) is 9.67. The fraction of sp³-hybridized carbons (Fsp3) is 0.383. The number of carbonyl (C=O) groups is 3. The summed E-state index contributed by atoms with van der Waals surface area (Å²) in [4.78, 5) is 46.5. The van der Waals surface area contributed by atoms with E-state index in [4.69, 9.17) is 4.74 Å². The predicted molar refractivity (Wildman–Crippen MR) is 221 cm³/mol. The number of amides is 3. The van der Waals surface area contributed by atoms with E-state index in [1.54, 1.807) is 12.0 Å². The number of piperazine rings is 1. The first-order valence-electron chi connectivity index (χ1n) is 20.5. The summed E-state index contributed by atoms with van der Waals surface area (Å²) in [6.07, 6.45) is 6.24. The second-order valence-corrected chi connectivity index (χ2v) is 16.1. The van der Waals surface area contributed by atoms with E-state index < -0.39 is 6.04 Å². The van der Waals surface area contributed by atoms with Crippen molar-refractivity contribution >= 4 is 40.2 Å². The van der Waals surface area contributed by atoms with Gasteiger partial charge in [0.05, 0.1) is 7.11 Å². The molecular weight excluding hydrogens is 699 g/mol. The lowest BCUT2D eigenvalue weighted by atomic mass is 9.87. The van der Waals surface area contributed by atoms with Crippen LogP contribution in [-0.4, -0.2) is 86.5 Å². The van der Waals surface area contributed by atoms with E-state index in [2.05, 4.69) is 105 Å². The first-order chi connectivity index (χ1) is 27.4. The van der Waals surface area contributed by atoms with E-state index in [1.165, 1.54) is 51.9 Å². The molecule has 4 aromatic carbocycles. The molecule has 288 valence electrons. The van der Waals surface area contributed by atoms with Gasteiger partial charge in [0.15, 0.2) is 0 Å².